The molecule has 0 aromatic heterocycles. The van der Waals surface area contributed by atoms with Gasteiger partial charge in [0, 0.05) is 0 Å². The number of hydrogen-bond acceptors (Lipinski definition) is 5. The van der Waals surface area contributed by atoms with Crippen molar-refractivity contribution in [1.29, 1.82) is 0 Å². The van der Waals surface area contributed by atoms with Crippen LogP contribution in [0.1, 0.15) is 162 Å². The summed E-state index contributed by atoms with van der Waals surface area (Å²) in [5, 5.41) is 23.2. The number of unbranched alkanes of at least 4 members (excludes halogenated alkanes) is 17. The van der Waals surface area contributed by atoms with Crippen LogP contribution in [0.5, 0.6) is 0 Å². The van der Waals surface area contributed by atoms with E-state index in [-0.39, 0.29) is 6.42 Å². The molecular formula is C38H69NO6S. The maximum Gasteiger partial charge on any atom is 0.267 e. The van der Waals surface area contributed by atoms with E-state index in [0.717, 1.165) is 57.8 Å². The predicted octanol–water partition coefficient (Wildman–Crippen LogP) is 9.32. The Kier molecular flexibility index (Phi) is 30.6. The fourth-order valence-electron chi connectivity index (χ4n) is 5.19. The second-order valence-electron chi connectivity index (χ2n) is 12.6. The summed E-state index contributed by atoms with van der Waals surface area (Å²) in [4.78, 5) is 12.5. The number of aliphatic hydroxyl groups excluding tert-OH is 2. The Hall–Kier alpha value is -1.74. The van der Waals surface area contributed by atoms with Gasteiger partial charge < -0.3 is 15.5 Å². The third-order valence-electron chi connectivity index (χ3n) is 8.06. The standard InChI is InChI=1S/C38H69NO6S/c1-3-5-7-9-11-13-15-16-17-18-19-20-21-23-24-26-28-30-32-36(40)35(34-46(43,44)45)39-38(42)37(41)33-31-29-27-25-22-14-12-10-8-6-4-2/h12,14,18-19,23-24,30,32,35-37,40-41H,3-11,13,15-17,20-22,25-29,31,33-34H2,1-2H3,(H,39,42)(H,43,44,45)/b14-12-,19-18+,24-23+,32-30+. The van der Waals surface area contributed by atoms with Gasteiger partial charge in [-0.1, -0.05) is 140 Å². The predicted molar refractivity (Wildman–Crippen MR) is 194 cm³/mol. The van der Waals surface area contributed by atoms with E-state index in [9.17, 15) is 28.0 Å². The Balaban J connectivity index is 4.22. The number of aliphatic hydroxyl groups is 2. The van der Waals surface area contributed by atoms with E-state index in [2.05, 4.69) is 55.6 Å². The molecule has 3 atom stereocenters. The van der Waals surface area contributed by atoms with Crippen molar-refractivity contribution in [3.8, 4) is 0 Å². The first-order valence-corrected chi connectivity index (χ1v) is 20.1. The minimum atomic E-state index is -4.45. The number of allylic oxidation sites excluding steroid dienone is 7. The number of carbonyl (C=O) groups excluding carboxylic acids is 1. The Morgan fingerprint density at radius 1 is 0.587 bits per heavy atom. The normalized spacial score (nSPS) is 14.6. The van der Waals surface area contributed by atoms with Crippen molar-refractivity contribution in [1.82, 2.24) is 5.32 Å². The van der Waals surface area contributed by atoms with Gasteiger partial charge in [0.25, 0.3) is 10.1 Å². The molecule has 46 heavy (non-hydrogen) atoms. The van der Waals surface area contributed by atoms with Crippen LogP contribution in [0.25, 0.3) is 0 Å². The first-order valence-electron chi connectivity index (χ1n) is 18.4. The monoisotopic (exact) mass is 667 g/mol. The molecule has 1 amide bonds. The molecule has 0 aromatic rings. The van der Waals surface area contributed by atoms with E-state index >= 15 is 0 Å². The van der Waals surface area contributed by atoms with Crippen molar-refractivity contribution in [2.75, 3.05) is 5.75 Å². The highest BCUT2D eigenvalue weighted by Gasteiger charge is 2.27. The maximum absolute atomic E-state index is 12.5. The van der Waals surface area contributed by atoms with E-state index in [1.165, 1.54) is 76.7 Å². The lowest BCUT2D eigenvalue weighted by Gasteiger charge is -2.22. The average Bonchev–Trinajstić information content (AvgIpc) is 3.01. The summed E-state index contributed by atoms with van der Waals surface area (Å²) in [6, 6.07) is -1.26. The van der Waals surface area contributed by atoms with E-state index in [0.29, 0.717) is 12.8 Å². The minimum absolute atomic E-state index is 0.255. The van der Waals surface area contributed by atoms with Crippen LogP contribution in [0.3, 0.4) is 0 Å². The quantitative estimate of drug-likeness (QED) is 0.0322. The zero-order chi connectivity index (χ0) is 34.1. The molecular weight excluding hydrogens is 598 g/mol. The van der Waals surface area contributed by atoms with E-state index in [1.54, 1.807) is 6.08 Å². The molecule has 268 valence electrons. The lowest BCUT2D eigenvalue weighted by molar-refractivity contribution is -0.130. The highest BCUT2D eigenvalue weighted by Crippen LogP contribution is 2.12. The number of hydrogen-bond donors (Lipinski definition) is 4. The molecule has 0 bridgehead atoms. The molecule has 7 nitrogen and oxygen atoms in total. The molecule has 0 heterocycles. The maximum atomic E-state index is 12.5. The summed E-state index contributed by atoms with van der Waals surface area (Å²) in [5.41, 5.74) is 0. The van der Waals surface area contributed by atoms with Gasteiger partial charge in [-0.3, -0.25) is 9.35 Å². The first kappa shape index (κ1) is 44.3. The van der Waals surface area contributed by atoms with Crippen LogP contribution in [0.15, 0.2) is 48.6 Å². The number of carbonyl (C=O) groups is 1. The molecule has 0 fully saturated rings. The Morgan fingerprint density at radius 3 is 1.48 bits per heavy atom. The number of amides is 1. The molecule has 0 radical (unpaired) electrons. The van der Waals surface area contributed by atoms with Crippen molar-refractivity contribution >= 4 is 16.0 Å². The van der Waals surface area contributed by atoms with Gasteiger partial charge in [0.15, 0.2) is 0 Å². The van der Waals surface area contributed by atoms with E-state index < -0.39 is 40.0 Å². The van der Waals surface area contributed by atoms with Crippen LogP contribution in [-0.2, 0) is 14.9 Å². The number of rotatable bonds is 32. The summed E-state index contributed by atoms with van der Waals surface area (Å²) in [6.45, 7) is 4.45. The van der Waals surface area contributed by atoms with Gasteiger partial charge in [0.2, 0.25) is 5.91 Å². The molecule has 0 aliphatic rings. The molecule has 8 heteroatoms. The zero-order valence-corrected chi connectivity index (χ0v) is 30.1. The summed E-state index contributed by atoms with van der Waals surface area (Å²) >= 11 is 0. The van der Waals surface area contributed by atoms with Gasteiger partial charge in [-0.15, -0.1) is 0 Å². The van der Waals surface area contributed by atoms with Crippen molar-refractivity contribution in [3.63, 3.8) is 0 Å². The van der Waals surface area contributed by atoms with Gasteiger partial charge in [-0.2, -0.15) is 8.42 Å². The Labute approximate surface area is 282 Å². The number of nitrogens with one attached hydrogen (secondary N) is 1. The average molecular weight is 668 g/mol. The summed E-state index contributed by atoms with van der Waals surface area (Å²) in [5.74, 6) is -1.58. The second-order valence-corrected chi connectivity index (χ2v) is 14.1. The molecule has 0 saturated carbocycles. The van der Waals surface area contributed by atoms with Crippen molar-refractivity contribution in [3.05, 3.63) is 48.6 Å². The first-order chi connectivity index (χ1) is 22.2. The lowest BCUT2D eigenvalue weighted by atomic mass is 10.1. The highest BCUT2D eigenvalue weighted by molar-refractivity contribution is 7.85. The van der Waals surface area contributed by atoms with Gasteiger partial charge in [0.05, 0.1) is 17.9 Å². The molecule has 3 unspecified atom stereocenters. The second kappa shape index (κ2) is 31.8. The SMILES string of the molecule is CCCCC/C=C\CCCCCCC(O)C(=O)NC(CS(=O)(=O)O)C(O)/C=C/CC/C=C/CC/C=C/CCCCCCCCCC. The van der Waals surface area contributed by atoms with Crippen molar-refractivity contribution in [2.45, 2.75) is 180 Å². The van der Waals surface area contributed by atoms with Gasteiger partial charge in [-0.25, -0.2) is 0 Å². The molecule has 0 aliphatic carbocycles. The Morgan fingerprint density at radius 2 is 0.978 bits per heavy atom. The summed E-state index contributed by atoms with van der Waals surface area (Å²) in [6.07, 6.45) is 38.8. The van der Waals surface area contributed by atoms with Crippen molar-refractivity contribution < 1.29 is 28.0 Å². The van der Waals surface area contributed by atoms with E-state index in [4.69, 9.17) is 0 Å². The Bertz CT molecular complexity index is 927. The van der Waals surface area contributed by atoms with Crippen LogP contribution in [0, 0.1) is 0 Å². The van der Waals surface area contributed by atoms with Gasteiger partial charge in [-0.05, 0) is 70.6 Å². The molecule has 0 saturated heterocycles. The van der Waals surface area contributed by atoms with Crippen molar-refractivity contribution in [2.24, 2.45) is 0 Å². The summed E-state index contributed by atoms with van der Waals surface area (Å²) < 4.78 is 32.4. The van der Waals surface area contributed by atoms with Crippen LogP contribution >= 0.6 is 0 Å². The molecule has 0 spiro atoms. The summed E-state index contributed by atoms with van der Waals surface area (Å²) in [7, 11) is -4.45. The minimum Gasteiger partial charge on any atom is -0.387 e. The molecule has 0 aliphatic heterocycles. The van der Waals surface area contributed by atoms with Gasteiger partial charge in [0.1, 0.15) is 6.10 Å². The van der Waals surface area contributed by atoms with Crippen LogP contribution in [0.4, 0.5) is 0 Å². The topological polar surface area (TPSA) is 124 Å². The third kappa shape index (κ3) is 30.9. The third-order valence-corrected chi connectivity index (χ3v) is 8.84. The molecule has 0 aromatic carbocycles. The highest BCUT2D eigenvalue weighted by atomic mass is 32.2. The van der Waals surface area contributed by atoms with Crippen LogP contribution in [-0.4, -0.2) is 53.1 Å². The fraction of sp³-hybridized carbons (Fsp3) is 0.763. The van der Waals surface area contributed by atoms with Crippen LogP contribution < -0.4 is 5.32 Å². The molecule has 0 rings (SSSR count). The van der Waals surface area contributed by atoms with E-state index in [1.807, 2.05) is 0 Å². The smallest absolute Gasteiger partial charge is 0.267 e. The zero-order valence-electron chi connectivity index (χ0n) is 29.3. The molecule has 4 N–H and O–H groups in total. The largest absolute Gasteiger partial charge is 0.387 e. The fourth-order valence-corrected chi connectivity index (χ4v) is 5.92. The van der Waals surface area contributed by atoms with Gasteiger partial charge >= 0.3 is 0 Å². The lowest BCUT2D eigenvalue weighted by Crippen LogP contribution is -2.50. The van der Waals surface area contributed by atoms with Crippen LogP contribution in [0.2, 0.25) is 0 Å².